The highest BCUT2D eigenvalue weighted by Crippen LogP contribution is 2.32. The van der Waals surface area contributed by atoms with Gasteiger partial charge < -0.3 is 0 Å². The van der Waals surface area contributed by atoms with E-state index in [1.807, 2.05) is 36.6 Å². The third-order valence-corrected chi connectivity index (χ3v) is 4.72. The van der Waals surface area contributed by atoms with Gasteiger partial charge in [-0.05, 0) is 30.0 Å². The summed E-state index contributed by atoms with van der Waals surface area (Å²) in [4.78, 5) is 15.6. The quantitative estimate of drug-likeness (QED) is 0.365. The number of rotatable bonds is 4. The van der Waals surface area contributed by atoms with E-state index in [9.17, 15) is 4.79 Å². The van der Waals surface area contributed by atoms with Crippen LogP contribution in [0.1, 0.15) is 5.56 Å². The predicted octanol–water partition coefficient (Wildman–Crippen LogP) is 3.80. The predicted molar refractivity (Wildman–Crippen MR) is 88.3 cm³/mol. The van der Waals surface area contributed by atoms with Crippen LogP contribution in [0.15, 0.2) is 46.7 Å². The number of amides is 1. The van der Waals surface area contributed by atoms with E-state index in [2.05, 4.69) is 6.58 Å². The van der Waals surface area contributed by atoms with Crippen molar-refractivity contribution in [2.24, 2.45) is 0 Å². The summed E-state index contributed by atoms with van der Waals surface area (Å²) in [5, 5.41) is 0. The Bertz CT molecular complexity index is 548. The van der Waals surface area contributed by atoms with Gasteiger partial charge in [-0.15, -0.1) is 18.3 Å². The Labute approximate surface area is 126 Å². The summed E-state index contributed by atoms with van der Waals surface area (Å²) in [6, 6.07) is 8.10. The Kier molecular flexibility index (Phi) is 4.85. The van der Waals surface area contributed by atoms with Crippen LogP contribution in [0.3, 0.4) is 0 Å². The van der Waals surface area contributed by atoms with Crippen molar-refractivity contribution in [1.82, 2.24) is 4.90 Å². The normalized spacial score (nSPS) is 17.3. The standard InChI is InChI=1S/C14H13NOS3/c1-3-8-15-13(16)12(19-14(15)17)9-10-4-6-11(18-2)7-5-10/h3-7,9H,1,8H2,2H3/b12-9+. The van der Waals surface area contributed by atoms with Crippen LogP contribution >= 0.6 is 35.7 Å². The maximum absolute atomic E-state index is 12.1. The zero-order valence-electron chi connectivity index (χ0n) is 10.5. The Hall–Kier alpha value is -1.04. The lowest BCUT2D eigenvalue weighted by atomic mass is 10.2. The lowest BCUT2D eigenvalue weighted by molar-refractivity contribution is -0.121. The summed E-state index contributed by atoms with van der Waals surface area (Å²) in [5.74, 6) is -0.0381. The largest absolute Gasteiger partial charge is 0.289 e. The highest BCUT2D eigenvalue weighted by molar-refractivity contribution is 8.26. The maximum Gasteiger partial charge on any atom is 0.266 e. The molecule has 2 nitrogen and oxygen atoms in total. The second kappa shape index (κ2) is 6.41. The van der Waals surface area contributed by atoms with Crippen LogP contribution in [-0.2, 0) is 4.79 Å². The van der Waals surface area contributed by atoms with E-state index >= 15 is 0 Å². The molecule has 1 heterocycles. The summed E-state index contributed by atoms with van der Waals surface area (Å²) < 4.78 is 0.594. The first kappa shape index (κ1) is 14.4. The molecule has 1 aromatic rings. The molecule has 1 aliphatic heterocycles. The van der Waals surface area contributed by atoms with Crippen molar-refractivity contribution in [2.75, 3.05) is 12.8 Å². The molecule has 0 bridgehead atoms. The Morgan fingerprint density at radius 2 is 2.11 bits per heavy atom. The third kappa shape index (κ3) is 3.29. The zero-order valence-corrected chi connectivity index (χ0v) is 12.9. The zero-order chi connectivity index (χ0) is 13.8. The number of hydrogen-bond donors (Lipinski definition) is 0. The first-order valence-electron chi connectivity index (χ1n) is 5.66. The molecule has 5 heteroatoms. The van der Waals surface area contributed by atoms with Gasteiger partial charge in [-0.3, -0.25) is 9.69 Å². The molecule has 0 radical (unpaired) electrons. The number of thioether (sulfide) groups is 2. The minimum absolute atomic E-state index is 0.0381. The van der Waals surface area contributed by atoms with Gasteiger partial charge >= 0.3 is 0 Å². The molecule has 19 heavy (non-hydrogen) atoms. The second-order valence-electron chi connectivity index (χ2n) is 3.85. The number of hydrogen-bond acceptors (Lipinski definition) is 4. The summed E-state index contributed by atoms with van der Waals surface area (Å²) in [7, 11) is 0. The average molecular weight is 307 g/mol. The topological polar surface area (TPSA) is 20.3 Å². The number of nitrogens with zero attached hydrogens (tertiary/aromatic N) is 1. The average Bonchev–Trinajstić information content (AvgIpc) is 2.68. The summed E-state index contributed by atoms with van der Waals surface area (Å²) in [6.07, 6.45) is 5.60. The lowest BCUT2D eigenvalue weighted by Gasteiger charge is -2.10. The molecule has 0 aliphatic carbocycles. The number of benzene rings is 1. The van der Waals surface area contributed by atoms with Crippen LogP contribution in [0.25, 0.3) is 6.08 Å². The fourth-order valence-corrected chi connectivity index (χ4v) is 3.32. The fourth-order valence-electron chi connectivity index (χ4n) is 1.64. The Morgan fingerprint density at radius 1 is 1.42 bits per heavy atom. The molecule has 1 amide bonds. The van der Waals surface area contributed by atoms with Crippen molar-refractivity contribution in [3.05, 3.63) is 47.4 Å². The summed E-state index contributed by atoms with van der Waals surface area (Å²) >= 11 is 8.23. The monoisotopic (exact) mass is 307 g/mol. The van der Waals surface area contributed by atoms with E-state index in [4.69, 9.17) is 12.2 Å². The molecular formula is C14H13NOS3. The van der Waals surface area contributed by atoms with Crippen LogP contribution in [0.5, 0.6) is 0 Å². The molecule has 1 aromatic carbocycles. The smallest absolute Gasteiger partial charge is 0.266 e. The summed E-state index contributed by atoms with van der Waals surface area (Å²) in [5.41, 5.74) is 1.01. The number of carbonyl (C=O) groups excluding carboxylic acids is 1. The van der Waals surface area contributed by atoms with E-state index < -0.39 is 0 Å². The highest BCUT2D eigenvalue weighted by Gasteiger charge is 2.30. The molecule has 0 atom stereocenters. The molecule has 0 unspecified atom stereocenters. The molecule has 1 saturated heterocycles. The highest BCUT2D eigenvalue weighted by atomic mass is 32.2. The van der Waals surface area contributed by atoms with Gasteiger partial charge in [0.05, 0.1) is 4.91 Å². The van der Waals surface area contributed by atoms with Crippen LogP contribution in [-0.4, -0.2) is 27.9 Å². The second-order valence-corrected chi connectivity index (χ2v) is 6.41. The minimum atomic E-state index is -0.0381. The van der Waals surface area contributed by atoms with E-state index in [0.29, 0.717) is 15.8 Å². The van der Waals surface area contributed by atoms with E-state index in [-0.39, 0.29) is 5.91 Å². The van der Waals surface area contributed by atoms with Crippen molar-refractivity contribution >= 4 is 52.0 Å². The van der Waals surface area contributed by atoms with Gasteiger partial charge in [-0.2, -0.15) is 0 Å². The van der Waals surface area contributed by atoms with Crippen LogP contribution < -0.4 is 0 Å². The van der Waals surface area contributed by atoms with Crippen molar-refractivity contribution in [1.29, 1.82) is 0 Å². The van der Waals surface area contributed by atoms with Gasteiger partial charge in [0, 0.05) is 11.4 Å². The van der Waals surface area contributed by atoms with Gasteiger partial charge in [0.1, 0.15) is 4.32 Å². The first-order valence-corrected chi connectivity index (χ1v) is 8.11. The van der Waals surface area contributed by atoms with Crippen LogP contribution in [0.2, 0.25) is 0 Å². The minimum Gasteiger partial charge on any atom is -0.289 e. The maximum atomic E-state index is 12.1. The third-order valence-electron chi connectivity index (χ3n) is 2.60. The van der Waals surface area contributed by atoms with Gasteiger partial charge in [0.15, 0.2) is 0 Å². The Balaban J connectivity index is 2.21. The van der Waals surface area contributed by atoms with Gasteiger partial charge in [0.2, 0.25) is 0 Å². The van der Waals surface area contributed by atoms with Gasteiger partial charge in [-0.1, -0.05) is 42.2 Å². The summed E-state index contributed by atoms with van der Waals surface area (Å²) in [6.45, 7) is 4.10. The molecule has 1 fully saturated rings. The van der Waals surface area contributed by atoms with Crippen molar-refractivity contribution < 1.29 is 4.79 Å². The first-order chi connectivity index (χ1) is 9.15. The van der Waals surface area contributed by atoms with E-state index in [0.717, 1.165) is 5.56 Å². The molecular weight excluding hydrogens is 294 g/mol. The van der Waals surface area contributed by atoms with Crippen LogP contribution in [0, 0.1) is 0 Å². The fraction of sp³-hybridized carbons (Fsp3) is 0.143. The Morgan fingerprint density at radius 3 is 2.68 bits per heavy atom. The van der Waals surface area contributed by atoms with E-state index in [1.165, 1.54) is 16.7 Å². The van der Waals surface area contributed by atoms with Gasteiger partial charge in [-0.25, -0.2) is 0 Å². The van der Waals surface area contributed by atoms with Crippen LogP contribution in [0.4, 0.5) is 0 Å². The molecule has 0 saturated carbocycles. The van der Waals surface area contributed by atoms with Crippen molar-refractivity contribution in [2.45, 2.75) is 4.90 Å². The van der Waals surface area contributed by atoms with Gasteiger partial charge in [0.25, 0.3) is 5.91 Å². The molecule has 2 rings (SSSR count). The molecule has 0 N–H and O–H groups in total. The number of thiocarbonyl (C=S) groups is 1. The van der Waals surface area contributed by atoms with Crippen molar-refractivity contribution in [3.8, 4) is 0 Å². The molecule has 98 valence electrons. The molecule has 0 aromatic heterocycles. The molecule has 0 spiro atoms. The SMILES string of the molecule is C=CCN1C(=O)/C(=C\c2ccc(SC)cc2)SC1=S. The van der Waals surface area contributed by atoms with E-state index in [1.54, 1.807) is 22.7 Å². The molecule has 1 aliphatic rings. The van der Waals surface area contributed by atoms with Crippen molar-refractivity contribution in [3.63, 3.8) is 0 Å². The lowest BCUT2D eigenvalue weighted by Crippen LogP contribution is -2.27. The number of carbonyl (C=O) groups is 1.